The Hall–Kier alpha value is -2.56. The summed E-state index contributed by atoms with van der Waals surface area (Å²) < 4.78 is 43.5. The minimum atomic E-state index is -4.68. The molecule has 2 aromatic heterocycles. The number of hydrogen-bond acceptors (Lipinski definition) is 6. The number of esters is 1. The Kier molecular flexibility index (Phi) is 5.71. The quantitative estimate of drug-likeness (QED) is 0.579. The van der Waals surface area contributed by atoms with Crippen molar-refractivity contribution in [2.24, 2.45) is 0 Å². The monoisotopic (exact) mass is 474 g/mol. The lowest BCUT2D eigenvalue weighted by molar-refractivity contribution is -0.188. The molecule has 1 saturated heterocycles. The van der Waals surface area contributed by atoms with E-state index in [0.29, 0.717) is 16.6 Å². The van der Waals surface area contributed by atoms with Crippen molar-refractivity contribution >= 4 is 45.9 Å². The van der Waals surface area contributed by atoms with Crippen LogP contribution < -0.4 is 4.90 Å². The lowest BCUT2D eigenvalue weighted by Gasteiger charge is -2.27. The molecule has 1 aromatic carbocycles. The zero-order valence-corrected chi connectivity index (χ0v) is 17.2. The Bertz CT molecular complexity index is 1120. The van der Waals surface area contributed by atoms with Crippen molar-refractivity contribution in [3.8, 4) is 5.69 Å². The summed E-state index contributed by atoms with van der Waals surface area (Å²) in [6, 6.07) is 3.63. The zero-order valence-electron chi connectivity index (χ0n) is 15.7. The van der Waals surface area contributed by atoms with Crippen LogP contribution in [0.4, 0.5) is 19.0 Å². The molecule has 2 atom stereocenters. The molecular formula is C19H15Cl2F3N4O3. The first-order valence-corrected chi connectivity index (χ1v) is 9.86. The fourth-order valence-electron chi connectivity index (χ4n) is 3.52. The molecule has 0 saturated carbocycles. The van der Waals surface area contributed by atoms with Gasteiger partial charge in [0.25, 0.3) is 0 Å². The van der Waals surface area contributed by atoms with Gasteiger partial charge in [0.15, 0.2) is 12.6 Å². The second-order valence-corrected chi connectivity index (χ2v) is 7.73. The van der Waals surface area contributed by atoms with Gasteiger partial charge in [-0.2, -0.15) is 13.2 Å². The highest BCUT2D eigenvalue weighted by Crippen LogP contribution is 2.36. The first-order chi connectivity index (χ1) is 14.7. The van der Waals surface area contributed by atoms with Crippen LogP contribution in [0.15, 0.2) is 36.9 Å². The van der Waals surface area contributed by atoms with Crippen molar-refractivity contribution in [1.82, 2.24) is 14.5 Å². The molecular weight excluding hydrogens is 460 g/mol. The Morgan fingerprint density at radius 2 is 2.10 bits per heavy atom. The van der Waals surface area contributed by atoms with Crippen molar-refractivity contribution in [2.75, 3.05) is 18.1 Å². The van der Waals surface area contributed by atoms with Crippen molar-refractivity contribution in [3.63, 3.8) is 0 Å². The SMILES string of the molecule is O=C(OCC(F)(F)F)[C@@H]1[C@@H](O)CCN1c1cc(-n2ccnc2)c2ccc(Cl)c(Cl)c2n1. The van der Waals surface area contributed by atoms with Gasteiger partial charge in [0.1, 0.15) is 5.82 Å². The van der Waals surface area contributed by atoms with Crippen LogP contribution >= 0.6 is 23.2 Å². The van der Waals surface area contributed by atoms with E-state index >= 15 is 0 Å². The molecule has 3 aromatic rings. The maximum atomic E-state index is 12.5. The molecule has 3 heterocycles. The molecule has 0 aliphatic carbocycles. The highest BCUT2D eigenvalue weighted by atomic mass is 35.5. The number of rotatable bonds is 4. The molecule has 0 spiro atoms. The number of alkyl halides is 3. The Balaban J connectivity index is 1.79. The molecule has 0 unspecified atom stereocenters. The largest absolute Gasteiger partial charge is 0.454 e. The normalized spacial score (nSPS) is 19.2. The zero-order chi connectivity index (χ0) is 22.3. The number of carbonyl (C=O) groups is 1. The van der Waals surface area contributed by atoms with Gasteiger partial charge < -0.3 is 19.3 Å². The average molecular weight is 475 g/mol. The number of pyridine rings is 1. The van der Waals surface area contributed by atoms with E-state index in [0.717, 1.165) is 0 Å². The molecule has 7 nitrogen and oxygen atoms in total. The maximum Gasteiger partial charge on any atom is 0.422 e. The summed E-state index contributed by atoms with van der Waals surface area (Å²) in [5.41, 5.74) is 0.944. The van der Waals surface area contributed by atoms with Crippen LogP contribution in [0.3, 0.4) is 0 Å². The molecule has 1 fully saturated rings. The van der Waals surface area contributed by atoms with Gasteiger partial charge in [0.2, 0.25) is 0 Å². The number of ether oxygens (including phenoxy) is 1. The van der Waals surface area contributed by atoms with E-state index < -0.39 is 30.9 Å². The van der Waals surface area contributed by atoms with Gasteiger partial charge in [-0.15, -0.1) is 0 Å². The van der Waals surface area contributed by atoms with Gasteiger partial charge in [-0.25, -0.2) is 14.8 Å². The third-order valence-electron chi connectivity index (χ3n) is 4.90. The topological polar surface area (TPSA) is 80.5 Å². The van der Waals surface area contributed by atoms with Crippen LogP contribution in [-0.4, -0.2) is 57.1 Å². The van der Waals surface area contributed by atoms with Crippen LogP contribution in [0.5, 0.6) is 0 Å². The second-order valence-electron chi connectivity index (χ2n) is 6.94. The van der Waals surface area contributed by atoms with Crippen molar-refractivity contribution in [3.05, 3.63) is 47.0 Å². The predicted molar refractivity (Wildman–Crippen MR) is 108 cm³/mol. The van der Waals surface area contributed by atoms with Crippen LogP contribution in [-0.2, 0) is 9.53 Å². The second kappa shape index (κ2) is 8.18. The first kappa shape index (κ1) is 21.7. The van der Waals surface area contributed by atoms with Gasteiger partial charge in [-0.1, -0.05) is 23.2 Å². The smallest absolute Gasteiger partial charge is 0.422 e. The predicted octanol–water partition coefficient (Wildman–Crippen LogP) is 3.77. The summed E-state index contributed by atoms with van der Waals surface area (Å²) in [6.45, 7) is -1.57. The fourth-order valence-corrected chi connectivity index (χ4v) is 3.88. The number of aliphatic hydroxyl groups excluding tert-OH is 1. The van der Waals surface area contributed by atoms with Crippen LogP contribution in [0.25, 0.3) is 16.6 Å². The Morgan fingerprint density at radius 3 is 2.77 bits per heavy atom. The Morgan fingerprint density at radius 1 is 1.32 bits per heavy atom. The van der Waals surface area contributed by atoms with Gasteiger partial charge >= 0.3 is 12.1 Å². The summed E-state index contributed by atoms with van der Waals surface area (Å²) in [5, 5.41) is 11.4. The van der Waals surface area contributed by atoms with Gasteiger partial charge in [-0.05, 0) is 18.6 Å². The van der Waals surface area contributed by atoms with Gasteiger partial charge in [-0.3, -0.25) is 0 Å². The van der Waals surface area contributed by atoms with E-state index in [1.165, 1.54) is 4.90 Å². The molecule has 164 valence electrons. The number of aromatic nitrogens is 3. The highest BCUT2D eigenvalue weighted by molar-refractivity contribution is 6.45. The summed E-state index contributed by atoms with van der Waals surface area (Å²) in [6.07, 6.45) is -0.936. The average Bonchev–Trinajstić information content (AvgIpc) is 3.38. The number of imidazole rings is 1. The number of aliphatic hydroxyl groups is 1. The fraction of sp³-hybridized carbons (Fsp3) is 0.316. The molecule has 1 N–H and O–H groups in total. The number of benzene rings is 1. The minimum Gasteiger partial charge on any atom is -0.454 e. The lowest BCUT2D eigenvalue weighted by Crippen LogP contribution is -2.44. The maximum absolute atomic E-state index is 12.5. The van der Waals surface area contributed by atoms with Crippen LogP contribution in [0.1, 0.15) is 6.42 Å². The molecule has 1 aliphatic heterocycles. The number of hydrogen-bond donors (Lipinski definition) is 1. The highest BCUT2D eigenvalue weighted by Gasteiger charge is 2.42. The standard InChI is InChI=1S/C19H15Cl2F3N4O3/c20-11-2-1-10-12(27-6-4-25-9-27)7-14(26-16(10)15(11)21)28-5-3-13(29)17(28)18(30)31-8-19(22,23)24/h1-2,4,6-7,9,13,17,29H,3,5,8H2/t13-,17-/m0/s1. The summed E-state index contributed by atoms with van der Waals surface area (Å²) in [4.78, 5) is 22.3. The summed E-state index contributed by atoms with van der Waals surface area (Å²) >= 11 is 12.5. The molecule has 31 heavy (non-hydrogen) atoms. The van der Waals surface area contributed by atoms with E-state index in [4.69, 9.17) is 23.2 Å². The van der Waals surface area contributed by atoms with Crippen molar-refractivity contribution in [1.29, 1.82) is 0 Å². The van der Waals surface area contributed by atoms with Gasteiger partial charge in [0.05, 0.1) is 33.7 Å². The van der Waals surface area contributed by atoms with Gasteiger partial charge in [0, 0.05) is 30.4 Å². The molecule has 0 amide bonds. The van der Waals surface area contributed by atoms with Crippen molar-refractivity contribution < 1.29 is 27.8 Å². The molecule has 4 rings (SSSR count). The number of halogens is 5. The molecule has 1 aliphatic rings. The van der Waals surface area contributed by atoms with Crippen molar-refractivity contribution in [2.45, 2.75) is 24.7 Å². The van der Waals surface area contributed by atoms with E-state index in [2.05, 4.69) is 14.7 Å². The Labute approximate surface area is 184 Å². The lowest BCUT2D eigenvalue weighted by atomic mass is 10.1. The third kappa shape index (κ3) is 4.28. The number of nitrogens with zero attached hydrogens (tertiary/aromatic N) is 4. The number of anilines is 1. The van der Waals surface area contributed by atoms with E-state index in [-0.39, 0.29) is 28.8 Å². The third-order valence-corrected chi connectivity index (χ3v) is 5.69. The van der Waals surface area contributed by atoms with E-state index in [1.54, 1.807) is 41.5 Å². The summed E-state index contributed by atoms with van der Waals surface area (Å²) in [7, 11) is 0. The molecule has 0 bridgehead atoms. The molecule has 0 radical (unpaired) electrons. The van der Waals surface area contributed by atoms with Crippen LogP contribution in [0.2, 0.25) is 10.0 Å². The summed E-state index contributed by atoms with van der Waals surface area (Å²) in [5.74, 6) is -0.962. The van der Waals surface area contributed by atoms with E-state index in [9.17, 15) is 23.1 Å². The number of carbonyl (C=O) groups excluding carboxylic acids is 1. The van der Waals surface area contributed by atoms with Crippen LogP contribution in [0, 0.1) is 0 Å². The molecule has 12 heteroatoms. The first-order valence-electron chi connectivity index (χ1n) is 9.11. The number of fused-ring (bicyclic) bond motifs is 1. The minimum absolute atomic E-state index is 0.148. The van der Waals surface area contributed by atoms with E-state index in [1.807, 2.05) is 0 Å².